The molecule has 2 atom stereocenters. The minimum Gasteiger partial charge on any atom is -0.207 e. The van der Waals surface area contributed by atoms with Crippen LogP contribution in [-0.2, 0) is 6.42 Å². The first kappa shape index (κ1) is 12.6. The number of alkyl halides is 1. The largest absolute Gasteiger partial charge is 0.207 e. The van der Waals surface area contributed by atoms with Crippen LogP contribution in [0.15, 0.2) is 18.2 Å². The molecule has 0 amide bonds. The van der Waals surface area contributed by atoms with Gasteiger partial charge in [-0.05, 0) is 36.1 Å². The van der Waals surface area contributed by atoms with Crippen LogP contribution < -0.4 is 0 Å². The monoisotopic (exact) mass is 276 g/mol. The molecule has 0 N–H and O–H groups in total. The molecule has 0 radical (unpaired) electrons. The number of halogens is 3. The minimum atomic E-state index is -0.372. The highest BCUT2D eigenvalue weighted by molar-refractivity contribution is 9.09. The smallest absolute Gasteiger partial charge is 0.126 e. The molecule has 0 fully saturated rings. The van der Waals surface area contributed by atoms with Crippen molar-refractivity contribution in [1.82, 2.24) is 0 Å². The van der Waals surface area contributed by atoms with E-state index in [2.05, 4.69) is 22.9 Å². The van der Waals surface area contributed by atoms with Crippen LogP contribution >= 0.6 is 15.9 Å². The Bertz CT molecular complexity index is 323. The Morgan fingerprint density at radius 3 is 2.53 bits per heavy atom. The predicted molar refractivity (Wildman–Crippen MR) is 62.2 cm³/mol. The third kappa shape index (κ3) is 3.56. The summed E-state index contributed by atoms with van der Waals surface area (Å²) >= 11 is 3.49. The molecular weight excluding hydrogens is 262 g/mol. The summed E-state index contributed by atoms with van der Waals surface area (Å²) in [6.45, 7) is 4.09. The summed E-state index contributed by atoms with van der Waals surface area (Å²) in [6.07, 6.45) is 1.52. The van der Waals surface area contributed by atoms with E-state index in [0.29, 0.717) is 22.7 Å². The lowest BCUT2D eigenvalue weighted by Crippen LogP contribution is -2.14. The van der Waals surface area contributed by atoms with E-state index in [-0.39, 0.29) is 11.6 Å². The second kappa shape index (κ2) is 5.59. The van der Waals surface area contributed by atoms with E-state index in [1.54, 1.807) is 0 Å². The summed E-state index contributed by atoms with van der Waals surface area (Å²) < 4.78 is 26.3. The van der Waals surface area contributed by atoms with Crippen molar-refractivity contribution in [3.05, 3.63) is 35.4 Å². The van der Waals surface area contributed by atoms with Gasteiger partial charge in [0.05, 0.1) is 0 Å². The van der Waals surface area contributed by atoms with E-state index in [9.17, 15) is 8.78 Å². The highest BCUT2D eigenvalue weighted by Gasteiger charge is 2.15. The van der Waals surface area contributed by atoms with E-state index >= 15 is 0 Å². The zero-order valence-corrected chi connectivity index (χ0v) is 10.5. The normalized spacial score (nSPS) is 15.0. The van der Waals surface area contributed by atoms with E-state index < -0.39 is 0 Å². The Morgan fingerprint density at radius 2 is 2.00 bits per heavy atom. The quantitative estimate of drug-likeness (QED) is 0.719. The van der Waals surface area contributed by atoms with Gasteiger partial charge in [0.15, 0.2) is 0 Å². The van der Waals surface area contributed by atoms with Crippen molar-refractivity contribution in [3.63, 3.8) is 0 Å². The molecule has 1 aromatic rings. The van der Waals surface area contributed by atoms with Gasteiger partial charge in [-0.15, -0.1) is 0 Å². The lowest BCUT2D eigenvalue weighted by atomic mass is 9.94. The van der Waals surface area contributed by atoms with Gasteiger partial charge in [-0.2, -0.15) is 0 Å². The van der Waals surface area contributed by atoms with Gasteiger partial charge in [-0.25, -0.2) is 8.78 Å². The van der Waals surface area contributed by atoms with Crippen LogP contribution in [-0.4, -0.2) is 4.83 Å². The zero-order valence-electron chi connectivity index (χ0n) is 8.93. The number of hydrogen-bond donors (Lipinski definition) is 0. The maximum absolute atomic E-state index is 13.3. The molecule has 0 aliphatic carbocycles. The van der Waals surface area contributed by atoms with E-state index in [0.717, 1.165) is 12.5 Å². The van der Waals surface area contributed by atoms with Crippen LogP contribution in [0.4, 0.5) is 8.78 Å². The van der Waals surface area contributed by atoms with Crippen molar-refractivity contribution in [2.24, 2.45) is 5.92 Å². The molecule has 0 aliphatic rings. The summed E-state index contributed by atoms with van der Waals surface area (Å²) in [5.41, 5.74) is 0.466. The topological polar surface area (TPSA) is 0 Å². The molecule has 0 saturated heterocycles. The lowest BCUT2D eigenvalue weighted by molar-refractivity contribution is 0.488. The van der Waals surface area contributed by atoms with Crippen LogP contribution in [0.3, 0.4) is 0 Å². The van der Waals surface area contributed by atoms with Crippen molar-refractivity contribution in [1.29, 1.82) is 0 Å². The molecule has 0 aliphatic heterocycles. The molecule has 0 aromatic heterocycles. The van der Waals surface area contributed by atoms with Gasteiger partial charge >= 0.3 is 0 Å². The summed E-state index contributed by atoms with van der Waals surface area (Å²) in [5, 5.41) is 0. The van der Waals surface area contributed by atoms with Crippen LogP contribution in [0.5, 0.6) is 0 Å². The van der Waals surface area contributed by atoms with Crippen LogP contribution in [0.25, 0.3) is 0 Å². The van der Waals surface area contributed by atoms with Crippen molar-refractivity contribution in [2.75, 3.05) is 0 Å². The molecule has 0 bridgehead atoms. The van der Waals surface area contributed by atoms with Gasteiger partial charge < -0.3 is 0 Å². The average Bonchev–Trinajstić information content (AvgIpc) is 2.18. The fraction of sp³-hybridized carbons (Fsp3) is 0.500. The number of hydrogen-bond acceptors (Lipinski definition) is 0. The molecule has 0 nitrogen and oxygen atoms in total. The molecule has 1 rings (SSSR count). The van der Waals surface area contributed by atoms with Crippen molar-refractivity contribution in [3.8, 4) is 0 Å². The SMILES string of the molecule is CCC(Cc1cc(F)ccc1F)C(C)Br. The lowest BCUT2D eigenvalue weighted by Gasteiger charge is -2.17. The van der Waals surface area contributed by atoms with E-state index in [1.165, 1.54) is 12.1 Å². The maximum atomic E-state index is 13.3. The highest BCUT2D eigenvalue weighted by atomic mass is 79.9. The molecule has 2 unspecified atom stereocenters. The van der Waals surface area contributed by atoms with Crippen LogP contribution in [0.1, 0.15) is 25.8 Å². The van der Waals surface area contributed by atoms with Crippen LogP contribution in [0, 0.1) is 17.6 Å². The molecular formula is C12H15BrF2. The Hall–Kier alpha value is -0.440. The fourth-order valence-corrected chi connectivity index (χ4v) is 2.17. The highest BCUT2D eigenvalue weighted by Crippen LogP contribution is 2.23. The Balaban J connectivity index is 2.82. The molecule has 84 valence electrons. The second-order valence-corrected chi connectivity index (χ2v) is 5.23. The second-order valence-electron chi connectivity index (χ2n) is 3.79. The van der Waals surface area contributed by atoms with E-state index in [4.69, 9.17) is 0 Å². The first-order valence-corrected chi connectivity index (χ1v) is 6.04. The standard InChI is InChI=1S/C12H15BrF2/c1-3-9(8(2)13)6-10-7-11(14)4-5-12(10)15/h4-5,7-9H,3,6H2,1-2H3. The molecule has 3 heteroatoms. The zero-order chi connectivity index (χ0) is 11.4. The number of benzene rings is 1. The van der Waals surface area contributed by atoms with Gasteiger partial charge in [0.1, 0.15) is 11.6 Å². The van der Waals surface area contributed by atoms with Crippen molar-refractivity contribution >= 4 is 15.9 Å². The van der Waals surface area contributed by atoms with E-state index in [1.807, 2.05) is 6.92 Å². The van der Waals surface area contributed by atoms with Crippen molar-refractivity contribution < 1.29 is 8.78 Å². The van der Waals surface area contributed by atoms with Gasteiger partial charge in [-0.1, -0.05) is 36.2 Å². The average molecular weight is 277 g/mol. The first-order chi connectivity index (χ1) is 7.04. The summed E-state index contributed by atoms with van der Waals surface area (Å²) in [7, 11) is 0. The van der Waals surface area contributed by atoms with Crippen LogP contribution in [0.2, 0.25) is 0 Å². The van der Waals surface area contributed by atoms with Crippen molar-refractivity contribution in [2.45, 2.75) is 31.5 Å². The molecule has 15 heavy (non-hydrogen) atoms. The number of rotatable bonds is 4. The third-order valence-corrected chi connectivity index (χ3v) is 3.41. The minimum absolute atomic E-state index is 0.310. The van der Waals surface area contributed by atoms with Gasteiger partial charge in [0, 0.05) is 4.83 Å². The van der Waals surface area contributed by atoms with Gasteiger partial charge in [-0.3, -0.25) is 0 Å². The predicted octanol–water partition coefficient (Wildman–Crippen LogP) is 4.32. The molecule has 0 spiro atoms. The molecule has 1 aromatic carbocycles. The summed E-state index contributed by atoms with van der Waals surface area (Å²) in [4.78, 5) is 0.310. The van der Waals surface area contributed by atoms with Gasteiger partial charge in [0.2, 0.25) is 0 Å². The molecule has 0 heterocycles. The molecule has 0 saturated carbocycles. The summed E-state index contributed by atoms with van der Waals surface area (Å²) in [6, 6.07) is 3.63. The Morgan fingerprint density at radius 1 is 1.33 bits per heavy atom. The maximum Gasteiger partial charge on any atom is 0.126 e. The Labute approximate surface area is 97.8 Å². The van der Waals surface area contributed by atoms with Gasteiger partial charge in [0.25, 0.3) is 0 Å². The summed E-state index contributed by atoms with van der Waals surface area (Å²) in [5.74, 6) is -0.354. The fourth-order valence-electron chi connectivity index (χ4n) is 1.61. The first-order valence-electron chi connectivity index (χ1n) is 5.12. The Kier molecular flexibility index (Phi) is 4.71. The third-order valence-electron chi connectivity index (χ3n) is 2.66.